The summed E-state index contributed by atoms with van der Waals surface area (Å²) < 4.78 is 5.03. The SMILES string of the molecule is N[C@@H](CCO)C(=O)OC1CCC1. The number of aliphatic hydroxyl groups is 1. The molecule has 0 saturated heterocycles. The average molecular weight is 173 g/mol. The normalized spacial score (nSPS) is 19.8. The van der Waals surface area contributed by atoms with Gasteiger partial charge in [0.2, 0.25) is 0 Å². The summed E-state index contributed by atoms with van der Waals surface area (Å²) in [5.41, 5.74) is 5.42. The number of carbonyl (C=O) groups excluding carboxylic acids is 1. The minimum atomic E-state index is -0.657. The van der Waals surface area contributed by atoms with Gasteiger partial charge in [0.1, 0.15) is 12.1 Å². The van der Waals surface area contributed by atoms with Gasteiger partial charge in [0.25, 0.3) is 0 Å². The fraction of sp³-hybridized carbons (Fsp3) is 0.875. The third kappa shape index (κ3) is 2.46. The third-order valence-electron chi connectivity index (χ3n) is 2.08. The largest absolute Gasteiger partial charge is 0.461 e. The summed E-state index contributed by atoms with van der Waals surface area (Å²) in [6.45, 7) is -0.0685. The quantitative estimate of drug-likeness (QED) is 0.577. The lowest BCUT2D eigenvalue weighted by Gasteiger charge is -2.26. The molecule has 1 aliphatic carbocycles. The highest BCUT2D eigenvalue weighted by Gasteiger charge is 2.24. The van der Waals surface area contributed by atoms with Crippen molar-refractivity contribution < 1.29 is 14.6 Å². The Morgan fingerprint density at radius 1 is 1.67 bits per heavy atom. The maximum Gasteiger partial charge on any atom is 0.323 e. The molecule has 70 valence electrons. The summed E-state index contributed by atoms with van der Waals surface area (Å²) in [6.07, 6.45) is 3.41. The first-order valence-electron chi connectivity index (χ1n) is 4.31. The van der Waals surface area contributed by atoms with E-state index in [2.05, 4.69) is 0 Å². The summed E-state index contributed by atoms with van der Waals surface area (Å²) in [6, 6.07) is -0.657. The van der Waals surface area contributed by atoms with Crippen LogP contribution < -0.4 is 5.73 Å². The van der Waals surface area contributed by atoms with Gasteiger partial charge in [-0.05, 0) is 25.7 Å². The number of ether oxygens (including phenoxy) is 1. The zero-order valence-electron chi connectivity index (χ0n) is 7.03. The minimum Gasteiger partial charge on any atom is -0.461 e. The van der Waals surface area contributed by atoms with E-state index in [1.165, 1.54) is 0 Å². The van der Waals surface area contributed by atoms with Gasteiger partial charge in [0, 0.05) is 6.61 Å². The van der Waals surface area contributed by atoms with Crippen LogP contribution in [0.4, 0.5) is 0 Å². The lowest BCUT2D eigenvalue weighted by molar-refractivity contribution is -0.154. The molecular formula is C8H15NO3. The molecule has 1 atom stereocenters. The molecular weight excluding hydrogens is 158 g/mol. The highest BCUT2D eigenvalue weighted by molar-refractivity contribution is 5.75. The van der Waals surface area contributed by atoms with Gasteiger partial charge in [-0.3, -0.25) is 4.79 Å². The molecule has 0 unspecified atom stereocenters. The van der Waals surface area contributed by atoms with Crippen LogP contribution in [0.15, 0.2) is 0 Å². The average Bonchev–Trinajstić information content (AvgIpc) is 1.97. The van der Waals surface area contributed by atoms with Crippen molar-refractivity contribution in [3.8, 4) is 0 Å². The van der Waals surface area contributed by atoms with Crippen molar-refractivity contribution >= 4 is 5.97 Å². The van der Waals surface area contributed by atoms with Crippen LogP contribution >= 0.6 is 0 Å². The van der Waals surface area contributed by atoms with Crippen molar-refractivity contribution in [3.05, 3.63) is 0 Å². The van der Waals surface area contributed by atoms with Crippen LogP contribution in [0.25, 0.3) is 0 Å². The van der Waals surface area contributed by atoms with E-state index in [1.807, 2.05) is 0 Å². The first-order valence-corrected chi connectivity index (χ1v) is 4.31. The van der Waals surface area contributed by atoms with Crippen molar-refractivity contribution in [2.75, 3.05) is 6.61 Å². The van der Waals surface area contributed by atoms with Crippen molar-refractivity contribution in [1.29, 1.82) is 0 Å². The van der Waals surface area contributed by atoms with Crippen LogP contribution in [0.3, 0.4) is 0 Å². The van der Waals surface area contributed by atoms with Crippen molar-refractivity contribution in [2.24, 2.45) is 5.73 Å². The summed E-state index contributed by atoms with van der Waals surface area (Å²) in [5, 5.41) is 8.50. The standard InChI is InChI=1S/C8H15NO3/c9-7(4-5-10)8(11)12-6-2-1-3-6/h6-7,10H,1-5,9H2/t7-/m0/s1. The second-order valence-electron chi connectivity index (χ2n) is 3.11. The zero-order chi connectivity index (χ0) is 8.97. The predicted octanol–water partition coefficient (Wildman–Crippen LogP) is -0.208. The van der Waals surface area contributed by atoms with E-state index < -0.39 is 6.04 Å². The highest BCUT2D eigenvalue weighted by atomic mass is 16.5. The molecule has 0 aliphatic heterocycles. The molecule has 0 heterocycles. The summed E-state index contributed by atoms with van der Waals surface area (Å²) in [5.74, 6) is -0.381. The van der Waals surface area contributed by atoms with Gasteiger partial charge in [-0.25, -0.2) is 0 Å². The van der Waals surface area contributed by atoms with Gasteiger partial charge >= 0.3 is 5.97 Å². The van der Waals surface area contributed by atoms with E-state index in [4.69, 9.17) is 15.6 Å². The number of carbonyl (C=O) groups is 1. The maximum atomic E-state index is 11.1. The van der Waals surface area contributed by atoms with Crippen molar-refractivity contribution in [2.45, 2.75) is 37.8 Å². The Morgan fingerprint density at radius 3 is 2.75 bits per heavy atom. The van der Waals surface area contributed by atoms with Gasteiger partial charge in [0.15, 0.2) is 0 Å². The van der Waals surface area contributed by atoms with E-state index in [9.17, 15) is 4.79 Å². The van der Waals surface area contributed by atoms with Crippen molar-refractivity contribution in [1.82, 2.24) is 0 Å². The number of nitrogens with two attached hydrogens (primary N) is 1. The molecule has 1 saturated carbocycles. The zero-order valence-corrected chi connectivity index (χ0v) is 7.03. The van der Waals surface area contributed by atoms with Gasteiger partial charge in [-0.15, -0.1) is 0 Å². The predicted molar refractivity (Wildman–Crippen MR) is 43.4 cm³/mol. The number of hydrogen-bond donors (Lipinski definition) is 2. The lowest BCUT2D eigenvalue weighted by Crippen LogP contribution is -2.37. The van der Waals surface area contributed by atoms with Gasteiger partial charge in [0.05, 0.1) is 0 Å². The minimum absolute atomic E-state index is 0.0685. The summed E-state index contributed by atoms with van der Waals surface area (Å²) in [7, 11) is 0. The molecule has 0 radical (unpaired) electrons. The Kier molecular flexibility index (Phi) is 3.49. The smallest absolute Gasteiger partial charge is 0.323 e. The van der Waals surface area contributed by atoms with Crippen LogP contribution in [0.1, 0.15) is 25.7 Å². The van der Waals surface area contributed by atoms with E-state index in [1.54, 1.807) is 0 Å². The number of rotatable bonds is 4. The first kappa shape index (κ1) is 9.48. The summed E-state index contributed by atoms with van der Waals surface area (Å²) in [4.78, 5) is 11.1. The first-order chi connectivity index (χ1) is 5.74. The Hall–Kier alpha value is -0.610. The topological polar surface area (TPSA) is 72.5 Å². The number of hydrogen-bond acceptors (Lipinski definition) is 4. The Labute approximate surface area is 71.7 Å². The molecule has 0 spiro atoms. The molecule has 12 heavy (non-hydrogen) atoms. The second kappa shape index (κ2) is 4.42. The molecule has 4 nitrogen and oxygen atoms in total. The van der Waals surface area contributed by atoms with E-state index in [-0.39, 0.29) is 25.1 Å². The molecule has 0 amide bonds. The Morgan fingerprint density at radius 2 is 2.33 bits per heavy atom. The van der Waals surface area contributed by atoms with E-state index >= 15 is 0 Å². The molecule has 4 heteroatoms. The van der Waals surface area contributed by atoms with Crippen LogP contribution in [0.2, 0.25) is 0 Å². The fourth-order valence-corrected chi connectivity index (χ4v) is 0.997. The van der Waals surface area contributed by atoms with Crippen molar-refractivity contribution in [3.63, 3.8) is 0 Å². The molecule has 0 bridgehead atoms. The third-order valence-corrected chi connectivity index (χ3v) is 2.08. The van der Waals surface area contributed by atoms with Gasteiger partial charge < -0.3 is 15.6 Å². The molecule has 0 aromatic carbocycles. The second-order valence-corrected chi connectivity index (χ2v) is 3.11. The number of aliphatic hydroxyl groups excluding tert-OH is 1. The van der Waals surface area contributed by atoms with Crippen LogP contribution in [0.5, 0.6) is 0 Å². The monoisotopic (exact) mass is 173 g/mol. The molecule has 1 fully saturated rings. The fourth-order valence-electron chi connectivity index (χ4n) is 0.997. The van der Waals surface area contributed by atoms with Crippen LogP contribution in [0, 0.1) is 0 Å². The van der Waals surface area contributed by atoms with Crippen LogP contribution in [-0.2, 0) is 9.53 Å². The van der Waals surface area contributed by atoms with E-state index in [0.717, 1.165) is 19.3 Å². The maximum absolute atomic E-state index is 11.1. The van der Waals surface area contributed by atoms with E-state index in [0.29, 0.717) is 0 Å². The molecule has 1 aliphatic rings. The molecule has 0 aromatic rings. The van der Waals surface area contributed by atoms with Gasteiger partial charge in [-0.1, -0.05) is 0 Å². The van der Waals surface area contributed by atoms with Gasteiger partial charge in [-0.2, -0.15) is 0 Å². The summed E-state index contributed by atoms with van der Waals surface area (Å²) >= 11 is 0. The lowest BCUT2D eigenvalue weighted by atomic mass is 9.96. The molecule has 1 rings (SSSR count). The molecule has 0 aromatic heterocycles. The Balaban J connectivity index is 2.16. The Bertz CT molecular complexity index is 156. The number of esters is 1. The highest BCUT2D eigenvalue weighted by Crippen LogP contribution is 2.22. The van der Waals surface area contributed by atoms with Crippen LogP contribution in [-0.4, -0.2) is 29.8 Å². The molecule has 3 N–H and O–H groups in total.